The average molecular weight is 362 g/mol. The molecule has 4 aromatic rings. The number of methoxy groups -OCH3 is 2. The minimum atomic E-state index is -0.321. The van der Waals surface area contributed by atoms with E-state index in [-0.39, 0.29) is 11.7 Å². The van der Waals surface area contributed by atoms with E-state index < -0.39 is 0 Å². The van der Waals surface area contributed by atoms with E-state index in [1.807, 2.05) is 25.1 Å². The summed E-state index contributed by atoms with van der Waals surface area (Å²) in [6.07, 6.45) is 1.69. The number of benzene rings is 2. The van der Waals surface area contributed by atoms with Gasteiger partial charge in [-0.15, -0.1) is 0 Å². The SMILES string of the molecule is COc1ccc2oc(C(=O)Nc3ccc(OC)c4ncccc34)c(C)c2c1. The van der Waals surface area contributed by atoms with Gasteiger partial charge in [-0.05, 0) is 49.4 Å². The number of nitrogens with one attached hydrogen (secondary N) is 1. The third-order valence-electron chi connectivity index (χ3n) is 4.55. The second-order valence-corrected chi connectivity index (χ2v) is 6.09. The molecule has 0 radical (unpaired) electrons. The number of carbonyl (C=O) groups excluding carboxylic acids is 1. The topological polar surface area (TPSA) is 73.6 Å². The number of anilines is 1. The van der Waals surface area contributed by atoms with Crippen LogP contribution in [0.5, 0.6) is 11.5 Å². The van der Waals surface area contributed by atoms with Gasteiger partial charge in [0.05, 0.1) is 19.9 Å². The molecule has 1 N–H and O–H groups in total. The Balaban J connectivity index is 1.74. The highest BCUT2D eigenvalue weighted by atomic mass is 16.5. The molecule has 2 aromatic carbocycles. The number of nitrogens with zero attached hydrogens (tertiary/aromatic N) is 1. The number of ether oxygens (including phenoxy) is 2. The summed E-state index contributed by atoms with van der Waals surface area (Å²) in [5.74, 6) is 1.31. The predicted octanol–water partition coefficient (Wildman–Crippen LogP) is 4.56. The summed E-state index contributed by atoms with van der Waals surface area (Å²) >= 11 is 0. The van der Waals surface area contributed by atoms with Crippen molar-refractivity contribution in [3.05, 3.63) is 60.0 Å². The Morgan fingerprint density at radius 3 is 2.70 bits per heavy atom. The fourth-order valence-corrected chi connectivity index (χ4v) is 3.14. The first-order valence-electron chi connectivity index (χ1n) is 8.42. The van der Waals surface area contributed by atoms with Crippen LogP contribution in [-0.2, 0) is 0 Å². The molecule has 0 aliphatic carbocycles. The van der Waals surface area contributed by atoms with Crippen LogP contribution >= 0.6 is 0 Å². The van der Waals surface area contributed by atoms with Crippen molar-refractivity contribution in [3.8, 4) is 11.5 Å². The molecule has 0 aliphatic heterocycles. The van der Waals surface area contributed by atoms with E-state index >= 15 is 0 Å². The molecule has 4 rings (SSSR count). The second-order valence-electron chi connectivity index (χ2n) is 6.09. The monoisotopic (exact) mass is 362 g/mol. The summed E-state index contributed by atoms with van der Waals surface area (Å²) in [7, 11) is 3.20. The molecular formula is C21H18N2O4. The Labute approximate surface area is 155 Å². The van der Waals surface area contributed by atoms with Gasteiger partial charge in [0, 0.05) is 22.5 Å². The predicted molar refractivity (Wildman–Crippen MR) is 104 cm³/mol. The molecule has 0 unspecified atom stereocenters. The smallest absolute Gasteiger partial charge is 0.291 e. The van der Waals surface area contributed by atoms with Gasteiger partial charge in [0.1, 0.15) is 22.6 Å². The Hall–Kier alpha value is -3.54. The van der Waals surface area contributed by atoms with Gasteiger partial charge in [-0.3, -0.25) is 9.78 Å². The van der Waals surface area contributed by atoms with Gasteiger partial charge in [-0.25, -0.2) is 0 Å². The Morgan fingerprint density at radius 1 is 1.07 bits per heavy atom. The van der Waals surface area contributed by atoms with E-state index in [9.17, 15) is 4.79 Å². The molecule has 0 bridgehead atoms. The molecule has 0 saturated carbocycles. The fraction of sp³-hybridized carbons (Fsp3) is 0.143. The number of furan rings is 1. The van der Waals surface area contributed by atoms with E-state index in [1.165, 1.54) is 0 Å². The molecular weight excluding hydrogens is 344 g/mol. The van der Waals surface area contributed by atoms with E-state index in [1.54, 1.807) is 44.7 Å². The number of fused-ring (bicyclic) bond motifs is 2. The Kier molecular flexibility index (Phi) is 4.16. The molecule has 1 amide bonds. The fourth-order valence-electron chi connectivity index (χ4n) is 3.14. The minimum absolute atomic E-state index is 0.270. The zero-order valence-electron chi connectivity index (χ0n) is 15.2. The van der Waals surface area contributed by atoms with Gasteiger partial charge in [-0.2, -0.15) is 0 Å². The molecule has 0 saturated heterocycles. The second kappa shape index (κ2) is 6.64. The summed E-state index contributed by atoms with van der Waals surface area (Å²) in [4.78, 5) is 17.2. The van der Waals surface area contributed by atoms with Crippen LogP contribution < -0.4 is 14.8 Å². The lowest BCUT2D eigenvalue weighted by Crippen LogP contribution is -2.12. The van der Waals surface area contributed by atoms with Crippen LogP contribution in [-0.4, -0.2) is 25.1 Å². The number of amides is 1. The lowest BCUT2D eigenvalue weighted by atomic mass is 10.1. The van der Waals surface area contributed by atoms with Crippen LogP contribution in [0.1, 0.15) is 16.1 Å². The lowest BCUT2D eigenvalue weighted by molar-refractivity contribution is 0.0998. The first kappa shape index (κ1) is 16.9. The average Bonchev–Trinajstić information content (AvgIpc) is 3.04. The minimum Gasteiger partial charge on any atom is -0.497 e. The van der Waals surface area contributed by atoms with Crippen molar-refractivity contribution in [3.63, 3.8) is 0 Å². The number of aromatic nitrogens is 1. The van der Waals surface area contributed by atoms with Gasteiger partial charge < -0.3 is 19.2 Å². The van der Waals surface area contributed by atoms with E-state index in [0.29, 0.717) is 28.3 Å². The maximum absolute atomic E-state index is 12.9. The first-order chi connectivity index (χ1) is 13.1. The summed E-state index contributed by atoms with van der Waals surface area (Å²) in [5.41, 5.74) is 2.72. The molecule has 0 spiro atoms. The number of hydrogen-bond acceptors (Lipinski definition) is 5. The van der Waals surface area contributed by atoms with Crippen LogP contribution in [0.3, 0.4) is 0 Å². The third kappa shape index (κ3) is 2.85. The van der Waals surface area contributed by atoms with Crippen LogP contribution in [0.4, 0.5) is 5.69 Å². The molecule has 0 atom stereocenters. The van der Waals surface area contributed by atoms with E-state index in [2.05, 4.69) is 10.3 Å². The van der Waals surface area contributed by atoms with Crippen LogP contribution in [0.15, 0.2) is 53.1 Å². The number of pyridine rings is 1. The number of hydrogen-bond donors (Lipinski definition) is 1. The Morgan fingerprint density at radius 2 is 1.93 bits per heavy atom. The lowest BCUT2D eigenvalue weighted by Gasteiger charge is -2.10. The van der Waals surface area contributed by atoms with Crippen molar-refractivity contribution in [2.75, 3.05) is 19.5 Å². The maximum atomic E-state index is 12.9. The van der Waals surface area contributed by atoms with Gasteiger partial charge in [0.15, 0.2) is 5.76 Å². The van der Waals surface area contributed by atoms with Gasteiger partial charge in [-0.1, -0.05) is 0 Å². The number of aryl methyl sites for hydroxylation is 1. The molecule has 0 fully saturated rings. The molecule has 2 heterocycles. The molecule has 27 heavy (non-hydrogen) atoms. The van der Waals surface area contributed by atoms with Gasteiger partial charge in [0.2, 0.25) is 0 Å². The quantitative estimate of drug-likeness (QED) is 0.576. The highest BCUT2D eigenvalue weighted by Crippen LogP contribution is 2.32. The molecule has 2 aromatic heterocycles. The van der Waals surface area contributed by atoms with Crippen molar-refractivity contribution in [2.45, 2.75) is 6.92 Å². The van der Waals surface area contributed by atoms with Crippen molar-refractivity contribution in [1.82, 2.24) is 4.98 Å². The summed E-state index contributed by atoms with van der Waals surface area (Å²) in [6, 6.07) is 12.7. The van der Waals surface area contributed by atoms with Crippen molar-refractivity contribution >= 4 is 33.5 Å². The zero-order valence-corrected chi connectivity index (χ0v) is 15.2. The summed E-state index contributed by atoms with van der Waals surface area (Å²) in [6.45, 7) is 1.86. The zero-order chi connectivity index (χ0) is 19.0. The summed E-state index contributed by atoms with van der Waals surface area (Å²) in [5, 5.41) is 4.56. The molecule has 0 aliphatic rings. The van der Waals surface area contributed by atoms with E-state index in [0.717, 1.165) is 16.3 Å². The molecule has 6 heteroatoms. The first-order valence-corrected chi connectivity index (χ1v) is 8.42. The van der Waals surface area contributed by atoms with Gasteiger partial charge >= 0.3 is 0 Å². The van der Waals surface area contributed by atoms with Crippen LogP contribution in [0.25, 0.3) is 21.9 Å². The highest BCUT2D eigenvalue weighted by Gasteiger charge is 2.19. The van der Waals surface area contributed by atoms with E-state index in [4.69, 9.17) is 13.9 Å². The van der Waals surface area contributed by atoms with Crippen molar-refractivity contribution in [2.24, 2.45) is 0 Å². The maximum Gasteiger partial charge on any atom is 0.291 e. The standard InChI is InChI=1S/C21H18N2O4/c1-12-15-11-13(25-2)6-8-17(15)27-20(12)21(24)23-16-7-9-18(26-3)19-14(16)5-4-10-22-19/h4-11H,1-3H3,(H,23,24). The number of carbonyl (C=O) groups is 1. The normalized spacial score (nSPS) is 10.9. The van der Waals surface area contributed by atoms with Crippen LogP contribution in [0, 0.1) is 6.92 Å². The van der Waals surface area contributed by atoms with Crippen LogP contribution in [0.2, 0.25) is 0 Å². The highest BCUT2D eigenvalue weighted by molar-refractivity contribution is 6.10. The van der Waals surface area contributed by atoms with Gasteiger partial charge in [0.25, 0.3) is 5.91 Å². The number of rotatable bonds is 4. The molecule has 136 valence electrons. The van der Waals surface area contributed by atoms with Crippen molar-refractivity contribution < 1.29 is 18.7 Å². The summed E-state index contributed by atoms with van der Waals surface area (Å²) < 4.78 is 16.4. The van der Waals surface area contributed by atoms with Crippen molar-refractivity contribution in [1.29, 1.82) is 0 Å². The Bertz CT molecular complexity index is 1160. The third-order valence-corrected chi connectivity index (χ3v) is 4.55. The molecule has 6 nitrogen and oxygen atoms in total. The largest absolute Gasteiger partial charge is 0.497 e.